The molecule has 2 rings (SSSR count). The predicted molar refractivity (Wildman–Crippen MR) is 90.3 cm³/mol. The van der Waals surface area contributed by atoms with E-state index >= 15 is 0 Å². The van der Waals surface area contributed by atoms with Crippen LogP contribution in [0, 0.1) is 5.92 Å². The maximum atomic E-state index is 11.7. The van der Waals surface area contributed by atoms with Crippen LogP contribution < -0.4 is 10.6 Å². The number of carbonyl (C=O) groups is 1. The van der Waals surface area contributed by atoms with Crippen LogP contribution in [0.25, 0.3) is 0 Å². The number of aromatic nitrogens is 1. The smallest absolute Gasteiger partial charge is 0.220 e. The van der Waals surface area contributed by atoms with Gasteiger partial charge in [0.25, 0.3) is 0 Å². The average molecular weight is 334 g/mol. The number of rotatable bonds is 6. The van der Waals surface area contributed by atoms with Gasteiger partial charge in [0, 0.05) is 24.9 Å². The minimum Gasteiger partial charge on any atom is -0.356 e. The number of amides is 1. The van der Waals surface area contributed by atoms with Crippen molar-refractivity contribution in [3.05, 3.63) is 30.1 Å². The first-order valence-electron chi connectivity index (χ1n) is 7.22. The molecule has 120 valence electrons. The number of nitrogens with zero attached hydrogens (tertiary/aromatic N) is 1. The lowest BCUT2D eigenvalue weighted by Gasteiger charge is -2.22. The van der Waals surface area contributed by atoms with Crippen molar-refractivity contribution in [3.8, 4) is 0 Å². The number of piperidine rings is 1. The van der Waals surface area contributed by atoms with Gasteiger partial charge >= 0.3 is 0 Å². The summed E-state index contributed by atoms with van der Waals surface area (Å²) in [6.07, 6.45) is 6.65. The Morgan fingerprint density at radius 1 is 1.38 bits per heavy atom. The fraction of sp³-hybridized carbons (Fsp3) is 0.600. The minimum absolute atomic E-state index is 0. The summed E-state index contributed by atoms with van der Waals surface area (Å²) in [6, 6.07) is 5.80. The van der Waals surface area contributed by atoms with Gasteiger partial charge in [0.1, 0.15) is 0 Å². The topological polar surface area (TPSA) is 54.0 Å². The first-order valence-corrected chi connectivity index (χ1v) is 7.22. The Labute approximate surface area is 139 Å². The van der Waals surface area contributed by atoms with Crippen LogP contribution in [0.1, 0.15) is 31.4 Å². The third-order valence-corrected chi connectivity index (χ3v) is 3.61. The molecule has 0 spiro atoms. The van der Waals surface area contributed by atoms with Gasteiger partial charge in [-0.2, -0.15) is 0 Å². The normalized spacial score (nSPS) is 17.2. The summed E-state index contributed by atoms with van der Waals surface area (Å²) >= 11 is 0. The second-order valence-corrected chi connectivity index (χ2v) is 5.17. The van der Waals surface area contributed by atoms with Crippen LogP contribution in [0.2, 0.25) is 0 Å². The van der Waals surface area contributed by atoms with Crippen LogP contribution in [-0.2, 0) is 11.2 Å². The van der Waals surface area contributed by atoms with Gasteiger partial charge in [-0.15, -0.1) is 24.8 Å². The molecule has 1 aromatic rings. The summed E-state index contributed by atoms with van der Waals surface area (Å²) in [5.41, 5.74) is 0.981. The fourth-order valence-corrected chi connectivity index (χ4v) is 2.46. The fourth-order valence-electron chi connectivity index (χ4n) is 2.46. The lowest BCUT2D eigenvalue weighted by Crippen LogP contribution is -2.33. The molecule has 2 heterocycles. The Kier molecular flexibility index (Phi) is 11.3. The molecule has 1 fully saturated rings. The second-order valence-electron chi connectivity index (χ2n) is 5.17. The molecule has 1 aliphatic heterocycles. The largest absolute Gasteiger partial charge is 0.356 e. The Balaban J connectivity index is 0.00000200. The monoisotopic (exact) mass is 333 g/mol. The van der Waals surface area contributed by atoms with E-state index in [9.17, 15) is 4.79 Å². The van der Waals surface area contributed by atoms with Crippen LogP contribution in [0.4, 0.5) is 0 Å². The standard InChI is InChI=1S/C15H23N3O.2ClH/c19-15(7-6-14-5-1-2-10-17-14)18-11-8-13-4-3-9-16-12-13;;/h1-2,5,10,13,16H,3-4,6-9,11-12H2,(H,18,19);2*1H. The average Bonchev–Trinajstić information content (AvgIpc) is 2.47. The molecule has 0 bridgehead atoms. The maximum Gasteiger partial charge on any atom is 0.220 e. The highest BCUT2D eigenvalue weighted by molar-refractivity contribution is 5.85. The van der Waals surface area contributed by atoms with E-state index in [1.807, 2.05) is 18.2 Å². The lowest BCUT2D eigenvalue weighted by atomic mass is 9.96. The molecule has 2 N–H and O–H groups in total. The number of nitrogens with one attached hydrogen (secondary N) is 2. The minimum atomic E-state index is 0. The molecule has 1 unspecified atom stereocenters. The van der Waals surface area contributed by atoms with E-state index in [4.69, 9.17) is 0 Å². The van der Waals surface area contributed by atoms with E-state index in [-0.39, 0.29) is 30.7 Å². The molecule has 0 aliphatic carbocycles. The zero-order chi connectivity index (χ0) is 13.3. The molecule has 0 aromatic carbocycles. The number of hydrogen-bond donors (Lipinski definition) is 2. The second kappa shape index (κ2) is 11.8. The van der Waals surface area contributed by atoms with Crippen LogP contribution in [0.3, 0.4) is 0 Å². The molecular weight excluding hydrogens is 309 g/mol. The van der Waals surface area contributed by atoms with E-state index in [1.165, 1.54) is 12.8 Å². The molecule has 1 amide bonds. The maximum absolute atomic E-state index is 11.7. The van der Waals surface area contributed by atoms with Crippen molar-refractivity contribution in [3.63, 3.8) is 0 Å². The Hall–Kier alpha value is -0.840. The van der Waals surface area contributed by atoms with Gasteiger partial charge < -0.3 is 10.6 Å². The highest BCUT2D eigenvalue weighted by Gasteiger charge is 2.12. The van der Waals surface area contributed by atoms with Gasteiger partial charge in [-0.3, -0.25) is 9.78 Å². The van der Waals surface area contributed by atoms with Gasteiger partial charge in [-0.25, -0.2) is 0 Å². The van der Waals surface area contributed by atoms with Crippen LogP contribution >= 0.6 is 24.8 Å². The summed E-state index contributed by atoms with van der Waals surface area (Å²) in [5.74, 6) is 0.860. The van der Waals surface area contributed by atoms with E-state index in [0.717, 1.165) is 44.1 Å². The van der Waals surface area contributed by atoms with Gasteiger partial charge in [0.15, 0.2) is 0 Å². The summed E-state index contributed by atoms with van der Waals surface area (Å²) in [6.45, 7) is 3.05. The van der Waals surface area contributed by atoms with Crippen molar-refractivity contribution in [2.24, 2.45) is 5.92 Å². The van der Waals surface area contributed by atoms with Crippen molar-refractivity contribution >= 4 is 30.7 Å². The van der Waals surface area contributed by atoms with E-state index in [2.05, 4.69) is 15.6 Å². The van der Waals surface area contributed by atoms with Crippen molar-refractivity contribution in [1.29, 1.82) is 0 Å². The summed E-state index contributed by atoms with van der Waals surface area (Å²) in [7, 11) is 0. The molecule has 0 radical (unpaired) electrons. The molecule has 1 saturated heterocycles. The van der Waals surface area contributed by atoms with Crippen molar-refractivity contribution in [2.45, 2.75) is 32.1 Å². The van der Waals surface area contributed by atoms with Gasteiger partial charge in [0.05, 0.1) is 0 Å². The molecule has 1 aliphatic rings. The number of carbonyl (C=O) groups excluding carboxylic acids is 1. The molecule has 21 heavy (non-hydrogen) atoms. The number of aryl methyl sites for hydroxylation is 1. The third kappa shape index (κ3) is 8.24. The van der Waals surface area contributed by atoms with Crippen LogP contribution in [-0.4, -0.2) is 30.5 Å². The predicted octanol–water partition coefficient (Wildman–Crippen LogP) is 2.36. The number of halogens is 2. The third-order valence-electron chi connectivity index (χ3n) is 3.61. The quantitative estimate of drug-likeness (QED) is 0.840. The Morgan fingerprint density at radius 2 is 2.24 bits per heavy atom. The Morgan fingerprint density at radius 3 is 2.90 bits per heavy atom. The first kappa shape index (κ1) is 20.2. The van der Waals surface area contributed by atoms with Gasteiger partial charge in [-0.1, -0.05) is 6.07 Å². The lowest BCUT2D eigenvalue weighted by molar-refractivity contribution is -0.121. The van der Waals surface area contributed by atoms with Crippen molar-refractivity contribution in [2.75, 3.05) is 19.6 Å². The van der Waals surface area contributed by atoms with Crippen LogP contribution in [0.15, 0.2) is 24.4 Å². The summed E-state index contributed by atoms with van der Waals surface area (Å²) < 4.78 is 0. The zero-order valence-corrected chi connectivity index (χ0v) is 13.8. The molecule has 6 heteroatoms. The number of pyridine rings is 1. The zero-order valence-electron chi connectivity index (χ0n) is 12.2. The molecular formula is C15H25Cl2N3O. The van der Waals surface area contributed by atoms with Gasteiger partial charge in [0.2, 0.25) is 5.91 Å². The van der Waals surface area contributed by atoms with Gasteiger partial charge in [-0.05, 0) is 56.8 Å². The van der Waals surface area contributed by atoms with E-state index < -0.39 is 0 Å². The molecule has 1 atom stereocenters. The summed E-state index contributed by atoms with van der Waals surface area (Å²) in [4.78, 5) is 15.9. The molecule has 0 saturated carbocycles. The molecule has 4 nitrogen and oxygen atoms in total. The van der Waals surface area contributed by atoms with Crippen LogP contribution in [0.5, 0.6) is 0 Å². The highest BCUT2D eigenvalue weighted by atomic mass is 35.5. The van der Waals surface area contributed by atoms with Crippen molar-refractivity contribution < 1.29 is 4.79 Å². The van der Waals surface area contributed by atoms with E-state index in [1.54, 1.807) is 6.20 Å². The van der Waals surface area contributed by atoms with E-state index in [0.29, 0.717) is 6.42 Å². The summed E-state index contributed by atoms with van der Waals surface area (Å²) in [5, 5.41) is 6.40. The highest BCUT2D eigenvalue weighted by Crippen LogP contribution is 2.12. The Bertz CT molecular complexity index is 384. The SMILES string of the molecule is Cl.Cl.O=C(CCc1ccccn1)NCCC1CCCNC1. The first-order chi connectivity index (χ1) is 9.34. The number of hydrogen-bond acceptors (Lipinski definition) is 3. The molecule has 1 aromatic heterocycles. The van der Waals surface area contributed by atoms with Crippen molar-refractivity contribution in [1.82, 2.24) is 15.6 Å².